The first kappa shape index (κ1) is 35.6. The highest BCUT2D eigenvalue weighted by Crippen LogP contribution is 2.33. The number of nitrogens with one attached hydrogen (secondary N) is 1. The van der Waals surface area contributed by atoms with Crippen LogP contribution in [0.2, 0.25) is 0 Å². The molecule has 10 nitrogen and oxygen atoms in total. The Morgan fingerprint density at radius 3 is 2.17 bits per heavy atom. The summed E-state index contributed by atoms with van der Waals surface area (Å²) in [6.07, 6.45) is 5.39. The Bertz CT molecular complexity index is 1630. The lowest BCUT2D eigenvalue weighted by Crippen LogP contribution is -2.54. The van der Waals surface area contributed by atoms with E-state index in [1.807, 2.05) is 45.0 Å². The van der Waals surface area contributed by atoms with Crippen molar-refractivity contribution < 1.29 is 32.2 Å². The number of hydrogen-bond donors (Lipinski definition) is 1. The molecule has 0 aromatic heterocycles. The van der Waals surface area contributed by atoms with Crippen molar-refractivity contribution in [3.8, 4) is 17.2 Å². The smallest absolute Gasteiger partial charge is 0.264 e. The quantitative estimate of drug-likeness (QED) is 0.232. The molecule has 1 aliphatic carbocycles. The van der Waals surface area contributed by atoms with Gasteiger partial charge in [0.2, 0.25) is 11.8 Å². The molecule has 47 heavy (non-hydrogen) atoms. The molecule has 0 heterocycles. The van der Waals surface area contributed by atoms with E-state index in [4.69, 9.17) is 14.2 Å². The molecule has 0 radical (unpaired) electrons. The van der Waals surface area contributed by atoms with Crippen LogP contribution in [0.4, 0.5) is 5.69 Å². The topological polar surface area (TPSA) is 114 Å². The van der Waals surface area contributed by atoms with Crippen molar-refractivity contribution in [2.24, 2.45) is 0 Å². The molecule has 1 N–H and O–H groups in total. The van der Waals surface area contributed by atoms with Gasteiger partial charge in [-0.3, -0.25) is 13.9 Å². The highest BCUT2D eigenvalue weighted by molar-refractivity contribution is 7.92. The highest BCUT2D eigenvalue weighted by Gasteiger charge is 2.35. The fraction of sp³-hybridized carbons (Fsp3) is 0.444. The van der Waals surface area contributed by atoms with Gasteiger partial charge in [-0.15, -0.1) is 0 Å². The van der Waals surface area contributed by atoms with Gasteiger partial charge in [0.1, 0.15) is 18.3 Å². The first-order chi connectivity index (χ1) is 22.5. The van der Waals surface area contributed by atoms with Crippen LogP contribution in [0.15, 0.2) is 65.6 Å². The second-order valence-electron chi connectivity index (χ2n) is 12.0. The van der Waals surface area contributed by atoms with E-state index in [0.29, 0.717) is 23.6 Å². The molecule has 2 amide bonds. The molecular formula is C36H47N3O7S. The van der Waals surface area contributed by atoms with Crippen molar-refractivity contribution in [2.45, 2.75) is 82.8 Å². The molecule has 0 spiro atoms. The molecule has 3 aromatic rings. The Labute approximate surface area is 279 Å². The highest BCUT2D eigenvalue weighted by atomic mass is 32.2. The van der Waals surface area contributed by atoms with Crippen LogP contribution in [0.1, 0.15) is 62.1 Å². The molecule has 0 unspecified atom stereocenters. The Morgan fingerprint density at radius 1 is 0.872 bits per heavy atom. The van der Waals surface area contributed by atoms with Crippen LogP contribution in [0, 0.1) is 13.8 Å². The zero-order valence-corrected chi connectivity index (χ0v) is 29.1. The zero-order valence-electron chi connectivity index (χ0n) is 28.2. The lowest BCUT2D eigenvalue weighted by Gasteiger charge is -2.34. The molecule has 11 heteroatoms. The van der Waals surface area contributed by atoms with Crippen molar-refractivity contribution in [3.05, 3.63) is 77.4 Å². The van der Waals surface area contributed by atoms with Gasteiger partial charge in [-0.05, 0) is 86.2 Å². The van der Waals surface area contributed by atoms with Crippen molar-refractivity contribution in [1.29, 1.82) is 0 Å². The Morgan fingerprint density at radius 2 is 1.55 bits per heavy atom. The third-order valence-electron chi connectivity index (χ3n) is 8.54. The van der Waals surface area contributed by atoms with Crippen LogP contribution in [-0.2, 0) is 26.2 Å². The van der Waals surface area contributed by atoms with Gasteiger partial charge in [-0.1, -0.05) is 44.4 Å². The maximum Gasteiger partial charge on any atom is 0.264 e. The molecule has 254 valence electrons. The van der Waals surface area contributed by atoms with E-state index in [2.05, 4.69) is 5.32 Å². The first-order valence-corrected chi connectivity index (χ1v) is 17.5. The molecule has 0 bridgehead atoms. The SMILES string of the molecule is CC[C@@H](C(=O)NC1CCCCC1)N(Cc1cccc(OC)c1)C(=O)CN(c1cc(C)cc(C)c1)S(=O)(=O)c1ccc(OC)c(OC)c1. The van der Waals surface area contributed by atoms with Crippen molar-refractivity contribution in [2.75, 3.05) is 32.2 Å². The van der Waals surface area contributed by atoms with Crippen LogP contribution in [0.25, 0.3) is 0 Å². The van der Waals surface area contributed by atoms with Gasteiger partial charge in [0.25, 0.3) is 10.0 Å². The number of aryl methyl sites for hydroxylation is 2. The lowest BCUT2D eigenvalue weighted by atomic mass is 9.95. The maximum absolute atomic E-state index is 14.5. The summed E-state index contributed by atoms with van der Waals surface area (Å²) in [5.74, 6) is 0.477. The Kier molecular flexibility index (Phi) is 12.1. The van der Waals surface area contributed by atoms with Gasteiger partial charge in [0.15, 0.2) is 11.5 Å². The molecule has 1 atom stereocenters. The predicted octanol–water partition coefficient (Wildman–Crippen LogP) is 5.78. The van der Waals surface area contributed by atoms with E-state index in [-0.39, 0.29) is 29.1 Å². The van der Waals surface area contributed by atoms with Gasteiger partial charge in [0.05, 0.1) is 31.9 Å². The number of carbonyl (C=O) groups excluding carboxylic acids is 2. The van der Waals surface area contributed by atoms with Crippen molar-refractivity contribution in [1.82, 2.24) is 10.2 Å². The van der Waals surface area contributed by atoms with Gasteiger partial charge in [-0.2, -0.15) is 0 Å². The Hall–Kier alpha value is -4.25. The second kappa shape index (κ2) is 16.0. The zero-order chi connectivity index (χ0) is 34.1. The number of rotatable bonds is 14. The summed E-state index contributed by atoms with van der Waals surface area (Å²) in [5.41, 5.74) is 2.77. The summed E-state index contributed by atoms with van der Waals surface area (Å²) in [6.45, 7) is 5.16. The van der Waals surface area contributed by atoms with Crippen molar-refractivity contribution >= 4 is 27.5 Å². The van der Waals surface area contributed by atoms with E-state index in [0.717, 1.165) is 53.1 Å². The fourth-order valence-corrected chi connectivity index (χ4v) is 7.57. The normalized spacial score (nSPS) is 14.2. The van der Waals surface area contributed by atoms with Crippen LogP contribution in [0.3, 0.4) is 0 Å². The maximum atomic E-state index is 14.5. The standard InChI is InChI=1S/C36H47N3O7S/c1-7-32(36(41)37-28-13-9-8-10-14-28)38(23-27-12-11-15-30(21-27)44-4)35(40)24-39(29-19-25(2)18-26(3)20-29)47(42,43)31-16-17-33(45-5)34(22-31)46-6/h11-12,15-22,28,32H,7-10,13-14,23-24H2,1-6H3,(H,37,41)/t32-/m0/s1. The molecule has 4 rings (SSSR count). The summed E-state index contributed by atoms with van der Waals surface area (Å²) in [4.78, 5) is 29.8. The molecule has 0 saturated heterocycles. The van der Waals surface area contributed by atoms with E-state index >= 15 is 0 Å². The number of methoxy groups -OCH3 is 3. The molecule has 1 fully saturated rings. The average Bonchev–Trinajstić information content (AvgIpc) is 3.06. The molecule has 0 aliphatic heterocycles. The average molecular weight is 666 g/mol. The van der Waals surface area contributed by atoms with Crippen LogP contribution in [-0.4, -0.2) is 65.1 Å². The monoisotopic (exact) mass is 665 g/mol. The number of ether oxygens (including phenoxy) is 3. The predicted molar refractivity (Wildman–Crippen MR) is 183 cm³/mol. The first-order valence-electron chi connectivity index (χ1n) is 16.1. The number of anilines is 1. The second-order valence-corrected chi connectivity index (χ2v) is 13.9. The van der Waals surface area contributed by atoms with Gasteiger partial charge >= 0.3 is 0 Å². The van der Waals surface area contributed by atoms with Crippen molar-refractivity contribution in [3.63, 3.8) is 0 Å². The number of carbonyl (C=O) groups is 2. The summed E-state index contributed by atoms with van der Waals surface area (Å²) in [5, 5.41) is 3.18. The van der Waals surface area contributed by atoms with Crippen LogP contribution < -0.4 is 23.8 Å². The van der Waals surface area contributed by atoms with Gasteiger partial charge < -0.3 is 24.4 Å². The summed E-state index contributed by atoms with van der Waals surface area (Å²) >= 11 is 0. The minimum Gasteiger partial charge on any atom is -0.497 e. The summed E-state index contributed by atoms with van der Waals surface area (Å²) in [6, 6.07) is 16.3. The lowest BCUT2D eigenvalue weighted by molar-refractivity contribution is -0.140. The van der Waals surface area contributed by atoms with Crippen LogP contribution >= 0.6 is 0 Å². The largest absolute Gasteiger partial charge is 0.497 e. The van der Waals surface area contributed by atoms with E-state index < -0.39 is 28.5 Å². The third-order valence-corrected chi connectivity index (χ3v) is 10.3. The number of hydrogen-bond acceptors (Lipinski definition) is 7. The fourth-order valence-electron chi connectivity index (χ4n) is 6.16. The van der Waals surface area contributed by atoms with E-state index in [9.17, 15) is 18.0 Å². The van der Waals surface area contributed by atoms with E-state index in [1.165, 1.54) is 37.3 Å². The number of sulfonamides is 1. The minimum atomic E-state index is -4.30. The number of nitrogens with zero attached hydrogens (tertiary/aromatic N) is 2. The Balaban J connectivity index is 1.77. The number of benzene rings is 3. The minimum absolute atomic E-state index is 0.0521. The molecule has 1 saturated carbocycles. The van der Waals surface area contributed by atoms with Gasteiger partial charge in [0, 0.05) is 18.7 Å². The summed E-state index contributed by atoms with van der Waals surface area (Å²) in [7, 11) is 0.162. The number of amides is 2. The van der Waals surface area contributed by atoms with E-state index in [1.54, 1.807) is 25.3 Å². The molecule has 3 aromatic carbocycles. The molecule has 1 aliphatic rings. The third kappa shape index (κ3) is 8.77. The van der Waals surface area contributed by atoms with Crippen LogP contribution in [0.5, 0.6) is 17.2 Å². The molecular weight excluding hydrogens is 618 g/mol. The summed E-state index contributed by atoms with van der Waals surface area (Å²) < 4.78 is 46.1. The van der Waals surface area contributed by atoms with Gasteiger partial charge in [-0.25, -0.2) is 8.42 Å².